The number of likely N-dealkylation sites (tertiary alicyclic amines) is 1. The number of pyridine rings is 1. The van der Waals surface area contributed by atoms with E-state index < -0.39 is 4.92 Å². The number of nitro groups is 1. The molecular weight excluding hydrogens is 498 g/mol. The molecule has 4 heterocycles. The van der Waals surface area contributed by atoms with E-state index in [0.717, 1.165) is 27.9 Å². The minimum Gasteiger partial charge on any atom is -0.401 e. The molecule has 0 aliphatic carbocycles. The highest BCUT2D eigenvalue weighted by Gasteiger charge is 2.27. The number of hydrogen-bond acceptors (Lipinski definition) is 6. The Bertz CT molecular complexity index is 1540. The molecule has 2 amide bonds. The third-order valence-electron chi connectivity index (χ3n) is 7.04. The van der Waals surface area contributed by atoms with Crippen LogP contribution in [0.1, 0.15) is 51.8 Å². The molecule has 1 fully saturated rings. The van der Waals surface area contributed by atoms with Crippen LogP contribution in [0.4, 0.5) is 5.88 Å². The minimum absolute atomic E-state index is 0.0556. The second-order valence-electron chi connectivity index (χ2n) is 9.62. The van der Waals surface area contributed by atoms with E-state index >= 15 is 0 Å². The summed E-state index contributed by atoms with van der Waals surface area (Å²) in [6.07, 6.45) is 6.85. The first kappa shape index (κ1) is 25.9. The van der Waals surface area contributed by atoms with Crippen molar-refractivity contribution in [2.24, 2.45) is 0 Å². The number of benzene rings is 1. The molecule has 10 heteroatoms. The van der Waals surface area contributed by atoms with Gasteiger partial charge in [-0.05, 0) is 62.1 Å². The molecule has 0 saturated carbocycles. The average Bonchev–Trinajstić information content (AvgIpc) is 3.59. The van der Waals surface area contributed by atoms with Gasteiger partial charge >= 0.3 is 5.88 Å². The SMILES string of the molecule is Cc1ccc(C(=O)NCCc2c[nH]c3ccccc23)c(C2CCN(C(=O)/C=C/c3ccc([N+](=O)[O-])o3)CC2)n1. The maximum atomic E-state index is 13.2. The number of carbonyl (C=O) groups is 2. The van der Waals surface area contributed by atoms with Crippen molar-refractivity contribution >= 4 is 34.7 Å². The molecule has 2 N–H and O–H groups in total. The molecule has 0 bridgehead atoms. The molecule has 0 atom stereocenters. The van der Waals surface area contributed by atoms with Crippen molar-refractivity contribution in [2.75, 3.05) is 19.6 Å². The minimum atomic E-state index is -0.623. The van der Waals surface area contributed by atoms with Crippen molar-refractivity contribution in [3.05, 3.63) is 99.2 Å². The number of H-pyrrole nitrogens is 1. The zero-order chi connectivity index (χ0) is 27.4. The quantitative estimate of drug-likeness (QED) is 0.193. The van der Waals surface area contributed by atoms with Gasteiger partial charge in [-0.1, -0.05) is 18.2 Å². The van der Waals surface area contributed by atoms with Crippen molar-refractivity contribution in [3.8, 4) is 0 Å². The molecule has 1 aliphatic rings. The number of aromatic amines is 1. The van der Waals surface area contributed by atoms with Gasteiger partial charge in [-0.2, -0.15) is 0 Å². The molecule has 200 valence electrons. The number of piperidine rings is 1. The van der Waals surface area contributed by atoms with Crippen LogP contribution in [0.3, 0.4) is 0 Å². The summed E-state index contributed by atoms with van der Waals surface area (Å²) in [5.74, 6) is -0.410. The predicted octanol–water partition coefficient (Wildman–Crippen LogP) is 4.76. The van der Waals surface area contributed by atoms with Crippen LogP contribution < -0.4 is 5.32 Å². The zero-order valence-electron chi connectivity index (χ0n) is 21.6. The Morgan fingerprint density at radius 3 is 2.74 bits per heavy atom. The second-order valence-corrected chi connectivity index (χ2v) is 9.62. The van der Waals surface area contributed by atoms with Crippen molar-refractivity contribution < 1.29 is 18.9 Å². The summed E-state index contributed by atoms with van der Waals surface area (Å²) in [5.41, 5.74) is 4.42. The van der Waals surface area contributed by atoms with Crippen molar-refractivity contribution in [2.45, 2.75) is 32.1 Å². The van der Waals surface area contributed by atoms with Gasteiger partial charge in [0.05, 0.1) is 17.3 Å². The van der Waals surface area contributed by atoms with Gasteiger partial charge in [-0.25, -0.2) is 0 Å². The second kappa shape index (κ2) is 11.3. The highest BCUT2D eigenvalue weighted by Crippen LogP contribution is 2.30. The lowest BCUT2D eigenvalue weighted by Gasteiger charge is -2.31. The summed E-state index contributed by atoms with van der Waals surface area (Å²) in [6.45, 7) is 3.45. The van der Waals surface area contributed by atoms with E-state index in [2.05, 4.69) is 16.4 Å². The number of nitrogens with zero attached hydrogens (tertiary/aromatic N) is 3. The number of rotatable bonds is 8. The maximum Gasteiger partial charge on any atom is 0.433 e. The zero-order valence-corrected chi connectivity index (χ0v) is 21.6. The lowest BCUT2D eigenvalue weighted by Crippen LogP contribution is -2.37. The molecule has 39 heavy (non-hydrogen) atoms. The predicted molar refractivity (Wildman–Crippen MR) is 146 cm³/mol. The van der Waals surface area contributed by atoms with Crippen molar-refractivity contribution in [1.29, 1.82) is 0 Å². The summed E-state index contributed by atoms with van der Waals surface area (Å²) < 4.78 is 5.07. The third-order valence-corrected chi connectivity index (χ3v) is 7.04. The molecule has 0 radical (unpaired) electrons. The topological polar surface area (TPSA) is 134 Å². The lowest BCUT2D eigenvalue weighted by molar-refractivity contribution is -0.402. The Kier molecular flexibility index (Phi) is 7.53. The van der Waals surface area contributed by atoms with Crippen LogP contribution in [0.2, 0.25) is 0 Å². The molecule has 0 unspecified atom stereocenters. The molecule has 4 aromatic rings. The van der Waals surface area contributed by atoms with Gasteiger partial charge in [0, 0.05) is 54.4 Å². The molecule has 1 saturated heterocycles. The summed E-state index contributed by atoms with van der Waals surface area (Å²) in [4.78, 5) is 45.7. The fraction of sp³-hybridized carbons (Fsp3) is 0.276. The Balaban J connectivity index is 1.18. The lowest BCUT2D eigenvalue weighted by atomic mass is 9.89. The first-order valence-electron chi connectivity index (χ1n) is 12.9. The van der Waals surface area contributed by atoms with Crippen LogP contribution in [-0.4, -0.2) is 51.2 Å². The Labute approximate surface area is 224 Å². The fourth-order valence-corrected chi connectivity index (χ4v) is 4.99. The van der Waals surface area contributed by atoms with Gasteiger partial charge in [0.2, 0.25) is 5.91 Å². The van der Waals surface area contributed by atoms with Gasteiger partial charge in [0.15, 0.2) is 0 Å². The number of hydrogen-bond donors (Lipinski definition) is 2. The third kappa shape index (κ3) is 5.90. The molecule has 10 nitrogen and oxygen atoms in total. The number of carbonyl (C=O) groups excluding carboxylic acids is 2. The number of aryl methyl sites for hydroxylation is 1. The number of para-hydroxylation sites is 1. The highest BCUT2D eigenvalue weighted by molar-refractivity contribution is 5.95. The Morgan fingerprint density at radius 2 is 1.97 bits per heavy atom. The fourth-order valence-electron chi connectivity index (χ4n) is 4.99. The number of amides is 2. The van der Waals surface area contributed by atoms with Crippen LogP contribution in [-0.2, 0) is 11.2 Å². The van der Waals surface area contributed by atoms with E-state index in [1.54, 1.807) is 4.90 Å². The number of nitrogens with one attached hydrogen (secondary N) is 2. The molecule has 0 spiro atoms. The van der Waals surface area contributed by atoms with Crippen molar-refractivity contribution in [1.82, 2.24) is 20.2 Å². The average molecular weight is 528 g/mol. The van der Waals surface area contributed by atoms with E-state index in [9.17, 15) is 19.7 Å². The van der Waals surface area contributed by atoms with Gasteiger partial charge < -0.3 is 19.6 Å². The Hall–Kier alpha value is -4.73. The van der Waals surface area contributed by atoms with Crippen molar-refractivity contribution in [3.63, 3.8) is 0 Å². The number of aromatic nitrogens is 2. The van der Waals surface area contributed by atoms with Crippen LogP contribution in [0.15, 0.2) is 65.2 Å². The summed E-state index contributed by atoms with van der Waals surface area (Å²) in [7, 11) is 0. The van der Waals surface area contributed by atoms with E-state index in [4.69, 9.17) is 9.40 Å². The first-order valence-corrected chi connectivity index (χ1v) is 12.9. The largest absolute Gasteiger partial charge is 0.433 e. The number of furan rings is 1. The smallest absolute Gasteiger partial charge is 0.401 e. The molecule has 5 rings (SSSR count). The van der Waals surface area contributed by atoms with Gasteiger partial charge in [-0.3, -0.25) is 24.7 Å². The highest BCUT2D eigenvalue weighted by atomic mass is 16.6. The van der Waals surface area contributed by atoms with E-state index in [1.165, 1.54) is 24.3 Å². The normalized spacial score (nSPS) is 14.2. The van der Waals surface area contributed by atoms with E-state index in [1.807, 2.05) is 43.5 Å². The monoisotopic (exact) mass is 527 g/mol. The van der Waals surface area contributed by atoms with Gasteiger partial charge in [0.25, 0.3) is 5.91 Å². The standard InChI is InChI=1S/C29H29N5O5/c1-19-6-9-24(29(36)30-15-12-21-18-31-25-5-3-2-4-23(21)25)28(32-19)20-13-16-33(17-14-20)26(35)10-7-22-8-11-27(39-22)34(37)38/h2-11,18,20,31H,12-17H2,1H3,(H,30,36)/b10-7+. The molecule has 3 aromatic heterocycles. The van der Waals surface area contributed by atoms with E-state index in [0.29, 0.717) is 44.5 Å². The van der Waals surface area contributed by atoms with Crippen LogP contribution in [0.25, 0.3) is 17.0 Å². The van der Waals surface area contributed by atoms with Gasteiger partial charge in [-0.15, -0.1) is 0 Å². The number of fused-ring (bicyclic) bond motifs is 1. The van der Waals surface area contributed by atoms with Gasteiger partial charge in [0.1, 0.15) is 10.7 Å². The van der Waals surface area contributed by atoms with Crippen LogP contribution >= 0.6 is 0 Å². The van der Waals surface area contributed by atoms with Crippen LogP contribution in [0, 0.1) is 17.0 Å². The molecular formula is C29H29N5O5. The maximum absolute atomic E-state index is 13.2. The summed E-state index contributed by atoms with van der Waals surface area (Å²) in [6, 6.07) is 14.5. The van der Waals surface area contributed by atoms with E-state index in [-0.39, 0.29) is 29.4 Å². The summed E-state index contributed by atoms with van der Waals surface area (Å²) in [5, 5.41) is 15.0. The first-order chi connectivity index (χ1) is 18.9. The Morgan fingerprint density at radius 1 is 1.18 bits per heavy atom. The summed E-state index contributed by atoms with van der Waals surface area (Å²) >= 11 is 0. The molecule has 1 aliphatic heterocycles. The van der Waals surface area contributed by atoms with Crippen LogP contribution in [0.5, 0.6) is 0 Å². The molecule has 1 aromatic carbocycles.